The van der Waals surface area contributed by atoms with Crippen LogP contribution in [0.2, 0.25) is 5.02 Å². The molecule has 0 saturated heterocycles. The number of amides is 1. The number of nitrogens with zero attached hydrogens (tertiary/aromatic N) is 2. The number of carbonyl (C=O) groups excluding carboxylic acids is 1. The maximum atomic E-state index is 12.6. The van der Waals surface area contributed by atoms with Gasteiger partial charge in [0.2, 0.25) is 5.91 Å². The highest BCUT2D eigenvalue weighted by Gasteiger charge is 2.18. The number of fused-ring (bicyclic) bond motifs is 1. The minimum atomic E-state index is -0.155. The summed E-state index contributed by atoms with van der Waals surface area (Å²) in [5.41, 5.74) is 3.06. The first-order chi connectivity index (χ1) is 14.1. The van der Waals surface area contributed by atoms with Gasteiger partial charge >= 0.3 is 0 Å². The molecule has 1 N–H and O–H groups in total. The van der Waals surface area contributed by atoms with Crippen molar-refractivity contribution in [3.63, 3.8) is 0 Å². The fraction of sp³-hybridized carbons (Fsp3) is 0.417. The van der Waals surface area contributed by atoms with E-state index in [4.69, 9.17) is 16.6 Å². The smallest absolute Gasteiger partial charge is 0.224 e. The van der Waals surface area contributed by atoms with E-state index in [-0.39, 0.29) is 11.9 Å². The number of rotatable bonds is 10. The zero-order valence-electron chi connectivity index (χ0n) is 17.3. The Kier molecular flexibility index (Phi) is 7.70. The number of aryl methyl sites for hydroxylation is 1. The Morgan fingerprint density at radius 1 is 1.07 bits per heavy atom. The molecule has 1 unspecified atom stereocenters. The molecule has 2 aromatic carbocycles. The van der Waals surface area contributed by atoms with Crippen molar-refractivity contribution in [3.8, 4) is 0 Å². The van der Waals surface area contributed by atoms with Crippen LogP contribution in [-0.2, 0) is 17.8 Å². The van der Waals surface area contributed by atoms with Crippen molar-refractivity contribution in [2.24, 2.45) is 0 Å². The van der Waals surface area contributed by atoms with E-state index in [9.17, 15) is 4.79 Å². The molecular formula is C24H30ClN3O. The van der Waals surface area contributed by atoms with Crippen molar-refractivity contribution in [3.05, 3.63) is 64.9 Å². The number of nitrogens with one attached hydrogen (secondary N) is 1. The second-order valence-corrected chi connectivity index (χ2v) is 8.05. The number of benzene rings is 2. The van der Waals surface area contributed by atoms with E-state index < -0.39 is 0 Å². The van der Waals surface area contributed by atoms with Gasteiger partial charge in [-0.15, -0.1) is 0 Å². The van der Waals surface area contributed by atoms with Crippen LogP contribution in [0.4, 0.5) is 0 Å². The van der Waals surface area contributed by atoms with Crippen LogP contribution in [0.3, 0.4) is 0 Å². The van der Waals surface area contributed by atoms with Gasteiger partial charge in [0.25, 0.3) is 0 Å². The second kappa shape index (κ2) is 10.4. The van der Waals surface area contributed by atoms with E-state index in [2.05, 4.69) is 22.9 Å². The van der Waals surface area contributed by atoms with Crippen LogP contribution in [0.5, 0.6) is 0 Å². The van der Waals surface area contributed by atoms with Crippen LogP contribution in [0.25, 0.3) is 11.0 Å². The largest absolute Gasteiger partial charge is 0.346 e. The molecule has 1 atom stereocenters. The summed E-state index contributed by atoms with van der Waals surface area (Å²) in [5.74, 6) is 0.910. The summed E-state index contributed by atoms with van der Waals surface area (Å²) in [6.45, 7) is 5.17. The van der Waals surface area contributed by atoms with E-state index in [0.717, 1.165) is 35.4 Å². The molecule has 0 fully saturated rings. The number of hydrogen-bond acceptors (Lipinski definition) is 2. The van der Waals surface area contributed by atoms with Crippen molar-refractivity contribution in [2.45, 2.75) is 65.0 Å². The fourth-order valence-electron chi connectivity index (χ4n) is 3.68. The van der Waals surface area contributed by atoms with Gasteiger partial charge in [0.15, 0.2) is 0 Å². The van der Waals surface area contributed by atoms with E-state index in [1.165, 1.54) is 25.7 Å². The summed E-state index contributed by atoms with van der Waals surface area (Å²) >= 11 is 5.93. The molecule has 3 rings (SSSR count). The summed E-state index contributed by atoms with van der Waals surface area (Å²) in [6.07, 6.45) is 6.48. The van der Waals surface area contributed by atoms with Gasteiger partial charge in [0.05, 0.1) is 23.5 Å². The number of para-hydroxylation sites is 2. The first-order valence-corrected chi connectivity index (χ1v) is 10.9. The number of aromatic nitrogens is 2. The summed E-state index contributed by atoms with van der Waals surface area (Å²) in [6, 6.07) is 15.4. The highest BCUT2D eigenvalue weighted by atomic mass is 35.5. The van der Waals surface area contributed by atoms with Crippen LogP contribution < -0.4 is 5.32 Å². The lowest BCUT2D eigenvalue weighted by molar-refractivity contribution is -0.121. The summed E-state index contributed by atoms with van der Waals surface area (Å²) in [5, 5.41) is 3.79. The van der Waals surface area contributed by atoms with E-state index in [1.807, 2.05) is 49.4 Å². The Balaban J connectivity index is 1.70. The molecule has 1 heterocycles. The molecule has 0 aliphatic heterocycles. The molecule has 0 bridgehead atoms. The molecule has 5 heteroatoms. The Hall–Kier alpha value is -2.33. The van der Waals surface area contributed by atoms with E-state index in [1.54, 1.807) is 0 Å². The van der Waals surface area contributed by atoms with Crippen LogP contribution in [-0.4, -0.2) is 15.5 Å². The average molecular weight is 412 g/mol. The van der Waals surface area contributed by atoms with Crippen molar-refractivity contribution >= 4 is 28.5 Å². The lowest BCUT2D eigenvalue weighted by atomic mass is 10.1. The van der Waals surface area contributed by atoms with Crippen LogP contribution in [0.15, 0.2) is 48.5 Å². The van der Waals surface area contributed by atoms with E-state index >= 15 is 0 Å². The van der Waals surface area contributed by atoms with Gasteiger partial charge in [-0.1, -0.05) is 68.5 Å². The predicted octanol–water partition coefficient (Wildman–Crippen LogP) is 6.08. The predicted molar refractivity (Wildman–Crippen MR) is 120 cm³/mol. The first-order valence-electron chi connectivity index (χ1n) is 10.6. The Labute approximate surface area is 178 Å². The molecule has 0 radical (unpaired) electrons. The molecule has 29 heavy (non-hydrogen) atoms. The summed E-state index contributed by atoms with van der Waals surface area (Å²) in [7, 11) is 0. The van der Waals surface area contributed by atoms with Crippen LogP contribution in [0, 0.1) is 0 Å². The number of imidazole rings is 1. The zero-order valence-corrected chi connectivity index (χ0v) is 18.1. The molecule has 1 amide bonds. The highest BCUT2D eigenvalue weighted by molar-refractivity contribution is 6.30. The summed E-state index contributed by atoms with van der Waals surface area (Å²) in [4.78, 5) is 17.4. The maximum absolute atomic E-state index is 12.6. The van der Waals surface area contributed by atoms with Crippen molar-refractivity contribution in [2.75, 3.05) is 0 Å². The zero-order chi connectivity index (χ0) is 20.6. The van der Waals surface area contributed by atoms with E-state index in [0.29, 0.717) is 11.4 Å². The lowest BCUT2D eigenvalue weighted by Gasteiger charge is -2.16. The minimum absolute atomic E-state index is 0.0126. The van der Waals surface area contributed by atoms with Crippen molar-refractivity contribution in [1.82, 2.24) is 14.9 Å². The average Bonchev–Trinajstić information content (AvgIpc) is 3.08. The molecule has 0 saturated carbocycles. The SMILES string of the molecule is CCCCCCCn1c(C(C)NC(=O)Cc2ccc(Cl)cc2)nc2ccccc21. The third-order valence-corrected chi connectivity index (χ3v) is 5.46. The topological polar surface area (TPSA) is 46.9 Å². The first kappa shape index (κ1) is 21.4. The normalized spacial score (nSPS) is 12.2. The van der Waals surface area contributed by atoms with Crippen molar-refractivity contribution in [1.29, 1.82) is 0 Å². The molecular weight excluding hydrogens is 382 g/mol. The van der Waals surface area contributed by atoms with Crippen LogP contribution >= 0.6 is 11.6 Å². The third kappa shape index (κ3) is 5.83. The molecule has 0 aliphatic rings. The number of halogens is 1. The highest BCUT2D eigenvalue weighted by Crippen LogP contribution is 2.22. The van der Waals surface area contributed by atoms with Crippen LogP contribution in [0.1, 0.15) is 63.4 Å². The Morgan fingerprint density at radius 2 is 1.79 bits per heavy atom. The minimum Gasteiger partial charge on any atom is -0.346 e. The fourth-order valence-corrected chi connectivity index (χ4v) is 3.80. The quantitative estimate of drug-likeness (QED) is 0.411. The van der Waals surface area contributed by atoms with Gasteiger partial charge in [0.1, 0.15) is 5.82 Å². The van der Waals surface area contributed by atoms with Gasteiger partial charge in [-0.2, -0.15) is 0 Å². The van der Waals surface area contributed by atoms with Crippen molar-refractivity contribution < 1.29 is 4.79 Å². The number of unbranched alkanes of at least 4 members (excludes halogenated alkanes) is 4. The number of carbonyl (C=O) groups is 1. The summed E-state index contributed by atoms with van der Waals surface area (Å²) < 4.78 is 2.27. The molecule has 1 aromatic heterocycles. The molecule has 0 spiro atoms. The van der Waals surface area contributed by atoms with Gasteiger partial charge in [0, 0.05) is 11.6 Å². The molecule has 3 aromatic rings. The maximum Gasteiger partial charge on any atom is 0.224 e. The monoisotopic (exact) mass is 411 g/mol. The second-order valence-electron chi connectivity index (χ2n) is 7.62. The Bertz CT molecular complexity index is 933. The molecule has 154 valence electrons. The third-order valence-electron chi connectivity index (χ3n) is 5.21. The lowest BCUT2D eigenvalue weighted by Crippen LogP contribution is -2.30. The molecule has 0 aliphatic carbocycles. The standard InChI is InChI=1S/C24H30ClN3O/c1-3-4-5-6-9-16-28-22-11-8-7-10-21(22)27-24(28)18(2)26-23(29)17-19-12-14-20(25)15-13-19/h7-8,10-15,18H,3-6,9,16-17H2,1-2H3,(H,26,29). The molecule has 4 nitrogen and oxygen atoms in total. The van der Waals surface area contributed by atoms with Gasteiger partial charge in [-0.05, 0) is 43.2 Å². The Morgan fingerprint density at radius 3 is 2.55 bits per heavy atom. The van der Waals surface area contributed by atoms with Gasteiger partial charge in [-0.3, -0.25) is 4.79 Å². The van der Waals surface area contributed by atoms with Gasteiger partial charge in [-0.25, -0.2) is 4.98 Å². The number of hydrogen-bond donors (Lipinski definition) is 1. The van der Waals surface area contributed by atoms with Gasteiger partial charge < -0.3 is 9.88 Å².